The minimum atomic E-state index is -4.37. The molecule has 112 valence electrons. The number of benzene rings is 2. The fraction of sp³-hybridized carbons (Fsp3) is 0.200. The van der Waals surface area contributed by atoms with Gasteiger partial charge < -0.3 is 5.32 Å². The Morgan fingerprint density at radius 1 is 1.14 bits per heavy atom. The summed E-state index contributed by atoms with van der Waals surface area (Å²) < 4.78 is 39.8. The molecule has 0 aliphatic carbocycles. The topological polar surface area (TPSA) is 12.0 Å². The molecular weight excluding hydrogens is 367 g/mol. The number of hydrogen-bond acceptors (Lipinski definition) is 1. The molecule has 0 bridgehead atoms. The lowest BCUT2D eigenvalue weighted by Gasteiger charge is -2.20. The zero-order valence-electron chi connectivity index (χ0n) is 11.0. The maximum atomic E-state index is 13.0. The average molecular weight is 379 g/mol. The minimum absolute atomic E-state index is 0.198. The quantitative estimate of drug-likeness (QED) is 0.661. The van der Waals surface area contributed by atoms with Gasteiger partial charge in [-0.2, -0.15) is 13.2 Å². The van der Waals surface area contributed by atoms with Gasteiger partial charge in [-0.1, -0.05) is 29.8 Å². The Kier molecular flexibility index (Phi) is 4.84. The van der Waals surface area contributed by atoms with E-state index in [4.69, 9.17) is 11.6 Å². The molecule has 1 unspecified atom stereocenters. The predicted octanol–water partition coefficient (Wildman–Crippen LogP) is 6.29. The van der Waals surface area contributed by atoms with Crippen molar-refractivity contribution >= 4 is 33.2 Å². The van der Waals surface area contributed by atoms with E-state index in [1.807, 2.05) is 0 Å². The van der Waals surface area contributed by atoms with Crippen molar-refractivity contribution in [1.82, 2.24) is 0 Å². The molecule has 0 spiro atoms. The van der Waals surface area contributed by atoms with Crippen molar-refractivity contribution in [3.63, 3.8) is 0 Å². The van der Waals surface area contributed by atoms with Gasteiger partial charge in [0, 0.05) is 16.2 Å². The molecule has 0 saturated carbocycles. The molecule has 0 radical (unpaired) electrons. The number of hydrogen-bond donors (Lipinski definition) is 1. The third kappa shape index (κ3) is 3.92. The molecule has 6 heteroatoms. The summed E-state index contributed by atoms with van der Waals surface area (Å²) in [5.41, 5.74) is 0.227. The van der Waals surface area contributed by atoms with Crippen LogP contribution >= 0.6 is 27.5 Å². The molecule has 0 heterocycles. The Morgan fingerprint density at radius 2 is 1.81 bits per heavy atom. The number of alkyl halides is 3. The van der Waals surface area contributed by atoms with E-state index >= 15 is 0 Å². The highest BCUT2D eigenvalue weighted by molar-refractivity contribution is 9.10. The normalized spacial score (nSPS) is 13.0. The van der Waals surface area contributed by atoms with Crippen LogP contribution < -0.4 is 5.32 Å². The van der Waals surface area contributed by atoms with Crippen LogP contribution in [0.1, 0.15) is 24.1 Å². The summed E-state index contributed by atoms with van der Waals surface area (Å²) >= 11 is 9.25. The Labute approximate surface area is 134 Å². The van der Waals surface area contributed by atoms with E-state index in [0.29, 0.717) is 10.7 Å². The van der Waals surface area contributed by atoms with Gasteiger partial charge in [-0.3, -0.25) is 0 Å². The van der Waals surface area contributed by atoms with Crippen molar-refractivity contribution in [2.24, 2.45) is 0 Å². The smallest absolute Gasteiger partial charge is 0.378 e. The van der Waals surface area contributed by atoms with Crippen LogP contribution in [-0.4, -0.2) is 0 Å². The second kappa shape index (κ2) is 6.28. The summed E-state index contributed by atoms with van der Waals surface area (Å²) in [4.78, 5) is 0. The summed E-state index contributed by atoms with van der Waals surface area (Å²) in [7, 11) is 0. The maximum absolute atomic E-state index is 13.0. The van der Waals surface area contributed by atoms with Crippen molar-refractivity contribution in [3.8, 4) is 0 Å². The first-order chi connectivity index (χ1) is 9.79. The molecule has 0 saturated heterocycles. The molecular formula is C15H12BrClF3N. The van der Waals surface area contributed by atoms with Crippen molar-refractivity contribution in [2.75, 3.05) is 5.32 Å². The summed E-state index contributed by atoms with van der Waals surface area (Å²) in [6.07, 6.45) is -4.37. The molecule has 2 aromatic rings. The van der Waals surface area contributed by atoms with Crippen LogP contribution in [0.15, 0.2) is 46.9 Å². The minimum Gasteiger partial charge on any atom is -0.378 e. The summed E-state index contributed by atoms with van der Waals surface area (Å²) in [6, 6.07) is 10.2. The van der Waals surface area contributed by atoms with Crippen molar-refractivity contribution in [2.45, 2.75) is 19.1 Å². The summed E-state index contributed by atoms with van der Waals surface area (Å²) in [6.45, 7) is 1.68. The van der Waals surface area contributed by atoms with Crippen LogP contribution in [0.4, 0.5) is 18.9 Å². The molecule has 0 aromatic heterocycles. The third-order valence-corrected chi connectivity index (χ3v) is 4.27. The SMILES string of the molecule is CC(Nc1ccc(Br)c(Cl)c1)c1ccccc1C(F)(F)F. The lowest BCUT2D eigenvalue weighted by Crippen LogP contribution is -2.15. The van der Waals surface area contributed by atoms with Gasteiger partial charge in [0.25, 0.3) is 0 Å². The number of anilines is 1. The fourth-order valence-electron chi connectivity index (χ4n) is 2.05. The highest BCUT2D eigenvalue weighted by atomic mass is 79.9. The summed E-state index contributed by atoms with van der Waals surface area (Å²) in [5.74, 6) is 0. The molecule has 21 heavy (non-hydrogen) atoms. The van der Waals surface area contributed by atoms with Crippen molar-refractivity contribution < 1.29 is 13.2 Å². The van der Waals surface area contributed by atoms with Crippen LogP contribution in [0.3, 0.4) is 0 Å². The average Bonchev–Trinajstić information content (AvgIpc) is 2.42. The van der Waals surface area contributed by atoms with E-state index in [9.17, 15) is 13.2 Å². The fourth-order valence-corrected chi connectivity index (χ4v) is 2.47. The monoisotopic (exact) mass is 377 g/mol. The van der Waals surface area contributed by atoms with Gasteiger partial charge in [-0.15, -0.1) is 0 Å². The molecule has 2 rings (SSSR count). The Bertz CT molecular complexity index is 643. The van der Waals surface area contributed by atoms with Gasteiger partial charge >= 0.3 is 6.18 Å². The zero-order valence-corrected chi connectivity index (χ0v) is 13.4. The number of rotatable bonds is 3. The van der Waals surface area contributed by atoms with Gasteiger partial charge in [0.1, 0.15) is 0 Å². The number of nitrogens with one attached hydrogen (secondary N) is 1. The Balaban J connectivity index is 2.28. The standard InChI is InChI=1S/C15H12BrClF3N/c1-9(21-10-6-7-13(16)14(17)8-10)11-4-2-3-5-12(11)15(18,19)20/h2-9,21H,1H3. The summed E-state index contributed by atoms with van der Waals surface area (Å²) in [5, 5.41) is 3.53. The molecule has 2 aromatic carbocycles. The van der Waals surface area contributed by atoms with E-state index < -0.39 is 17.8 Å². The number of halogens is 5. The van der Waals surface area contributed by atoms with E-state index in [1.54, 1.807) is 31.2 Å². The maximum Gasteiger partial charge on any atom is 0.416 e. The lowest BCUT2D eigenvalue weighted by molar-refractivity contribution is -0.138. The first kappa shape index (κ1) is 16.2. The predicted molar refractivity (Wildman–Crippen MR) is 82.6 cm³/mol. The molecule has 0 fully saturated rings. The van der Waals surface area contributed by atoms with Crippen LogP contribution in [0.25, 0.3) is 0 Å². The van der Waals surface area contributed by atoms with E-state index in [0.717, 1.165) is 10.5 Å². The van der Waals surface area contributed by atoms with Crippen LogP contribution in [0.2, 0.25) is 5.02 Å². The van der Waals surface area contributed by atoms with Crippen LogP contribution in [0, 0.1) is 0 Å². The lowest BCUT2D eigenvalue weighted by atomic mass is 10.0. The first-order valence-corrected chi connectivity index (χ1v) is 7.34. The highest BCUT2D eigenvalue weighted by Gasteiger charge is 2.34. The zero-order chi connectivity index (χ0) is 15.6. The second-order valence-electron chi connectivity index (χ2n) is 4.58. The van der Waals surface area contributed by atoms with Gasteiger partial charge in [0.2, 0.25) is 0 Å². The van der Waals surface area contributed by atoms with E-state index in [-0.39, 0.29) is 5.56 Å². The van der Waals surface area contributed by atoms with E-state index in [2.05, 4.69) is 21.2 Å². The molecule has 1 N–H and O–H groups in total. The van der Waals surface area contributed by atoms with Crippen LogP contribution in [-0.2, 0) is 6.18 Å². The molecule has 1 nitrogen and oxygen atoms in total. The third-order valence-electron chi connectivity index (χ3n) is 3.04. The van der Waals surface area contributed by atoms with Gasteiger partial charge in [0.15, 0.2) is 0 Å². The molecule has 0 aliphatic rings. The first-order valence-electron chi connectivity index (χ1n) is 6.16. The molecule has 1 atom stereocenters. The van der Waals surface area contributed by atoms with Crippen LogP contribution in [0.5, 0.6) is 0 Å². The second-order valence-corrected chi connectivity index (χ2v) is 5.84. The largest absolute Gasteiger partial charge is 0.416 e. The Hall–Kier alpha value is -1.20. The highest BCUT2D eigenvalue weighted by Crippen LogP contribution is 2.35. The Morgan fingerprint density at radius 3 is 2.43 bits per heavy atom. The van der Waals surface area contributed by atoms with Gasteiger partial charge in [-0.25, -0.2) is 0 Å². The van der Waals surface area contributed by atoms with E-state index in [1.165, 1.54) is 12.1 Å². The van der Waals surface area contributed by atoms with Crippen molar-refractivity contribution in [3.05, 3.63) is 63.1 Å². The molecule has 0 amide bonds. The van der Waals surface area contributed by atoms with Gasteiger partial charge in [0.05, 0.1) is 10.6 Å². The van der Waals surface area contributed by atoms with Crippen molar-refractivity contribution in [1.29, 1.82) is 0 Å². The molecule has 0 aliphatic heterocycles. The van der Waals surface area contributed by atoms with Gasteiger partial charge in [-0.05, 0) is 52.7 Å².